The van der Waals surface area contributed by atoms with Crippen LogP contribution in [0.2, 0.25) is 0 Å². The Morgan fingerprint density at radius 3 is 2.96 bits per heavy atom. The van der Waals surface area contributed by atoms with Gasteiger partial charge in [0.15, 0.2) is 0 Å². The van der Waals surface area contributed by atoms with Gasteiger partial charge >= 0.3 is 0 Å². The van der Waals surface area contributed by atoms with Crippen molar-refractivity contribution in [2.75, 3.05) is 7.11 Å². The van der Waals surface area contributed by atoms with Crippen molar-refractivity contribution < 1.29 is 13.9 Å². The molecule has 0 fully saturated rings. The summed E-state index contributed by atoms with van der Waals surface area (Å²) in [5, 5.41) is 3.88. The van der Waals surface area contributed by atoms with Gasteiger partial charge in [0.25, 0.3) is 0 Å². The van der Waals surface area contributed by atoms with Gasteiger partial charge in [0.2, 0.25) is 5.91 Å². The molecular formula is C18H18N2O3. The maximum Gasteiger partial charge on any atom is 0.225 e. The molecule has 5 nitrogen and oxygen atoms in total. The van der Waals surface area contributed by atoms with Crippen LogP contribution in [0.15, 0.2) is 53.3 Å². The standard InChI is InChI=1S/C18H18N2O3/c1-12(16-5-3-4-8-19-16)20-18(21)9-13-11-23-17-10-14(22-2)6-7-15(13)17/h3-8,10-12H,9H2,1-2H3,(H,20,21). The summed E-state index contributed by atoms with van der Waals surface area (Å²) in [6.45, 7) is 1.92. The van der Waals surface area contributed by atoms with E-state index < -0.39 is 0 Å². The summed E-state index contributed by atoms with van der Waals surface area (Å²) in [4.78, 5) is 16.5. The number of methoxy groups -OCH3 is 1. The Labute approximate surface area is 134 Å². The number of hydrogen-bond donors (Lipinski definition) is 1. The van der Waals surface area contributed by atoms with Crippen LogP contribution in [0.25, 0.3) is 11.0 Å². The lowest BCUT2D eigenvalue weighted by Gasteiger charge is -2.12. The van der Waals surface area contributed by atoms with E-state index >= 15 is 0 Å². The van der Waals surface area contributed by atoms with Gasteiger partial charge in [-0.05, 0) is 31.2 Å². The highest BCUT2D eigenvalue weighted by molar-refractivity contribution is 5.88. The van der Waals surface area contributed by atoms with Crippen LogP contribution in [0.5, 0.6) is 5.75 Å². The predicted molar refractivity (Wildman–Crippen MR) is 87.3 cm³/mol. The zero-order valence-electron chi connectivity index (χ0n) is 13.1. The molecule has 2 heterocycles. The number of nitrogens with zero attached hydrogens (tertiary/aromatic N) is 1. The minimum absolute atomic E-state index is 0.0679. The largest absolute Gasteiger partial charge is 0.497 e. The number of hydrogen-bond acceptors (Lipinski definition) is 4. The summed E-state index contributed by atoms with van der Waals surface area (Å²) in [5.74, 6) is 0.660. The topological polar surface area (TPSA) is 64.4 Å². The van der Waals surface area contributed by atoms with E-state index in [2.05, 4.69) is 10.3 Å². The molecule has 1 unspecified atom stereocenters. The van der Waals surface area contributed by atoms with E-state index in [9.17, 15) is 4.79 Å². The Bertz CT molecular complexity index is 812. The number of rotatable bonds is 5. The first-order valence-corrected chi connectivity index (χ1v) is 7.42. The number of ether oxygens (including phenoxy) is 1. The normalized spacial score (nSPS) is 12.1. The molecule has 118 valence electrons. The fraction of sp³-hybridized carbons (Fsp3) is 0.222. The summed E-state index contributed by atoms with van der Waals surface area (Å²) >= 11 is 0. The number of carbonyl (C=O) groups excluding carboxylic acids is 1. The molecule has 0 radical (unpaired) electrons. The van der Waals surface area contributed by atoms with E-state index in [1.165, 1.54) is 0 Å². The minimum Gasteiger partial charge on any atom is -0.497 e. The molecule has 1 amide bonds. The highest BCUT2D eigenvalue weighted by Crippen LogP contribution is 2.26. The lowest BCUT2D eigenvalue weighted by Crippen LogP contribution is -2.28. The Morgan fingerprint density at radius 1 is 1.35 bits per heavy atom. The lowest BCUT2D eigenvalue weighted by molar-refractivity contribution is -0.121. The zero-order chi connectivity index (χ0) is 16.2. The van der Waals surface area contributed by atoms with Gasteiger partial charge in [-0.15, -0.1) is 0 Å². The van der Waals surface area contributed by atoms with E-state index in [1.807, 2.05) is 43.3 Å². The quantitative estimate of drug-likeness (QED) is 0.785. The monoisotopic (exact) mass is 310 g/mol. The zero-order valence-corrected chi connectivity index (χ0v) is 13.1. The third kappa shape index (κ3) is 3.34. The van der Waals surface area contributed by atoms with Gasteiger partial charge in [0, 0.05) is 23.2 Å². The van der Waals surface area contributed by atoms with Gasteiger partial charge in [-0.25, -0.2) is 0 Å². The maximum absolute atomic E-state index is 12.3. The summed E-state index contributed by atoms with van der Waals surface area (Å²) in [7, 11) is 1.61. The van der Waals surface area contributed by atoms with Gasteiger partial charge in [0.05, 0.1) is 31.5 Å². The number of furan rings is 1. The molecule has 5 heteroatoms. The Hall–Kier alpha value is -2.82. The van der Waals surface area contributed by atoms with Crippen LogP contribution in [-0.4, -0.2) is 18.0 Å². The first-order chi connectivity index (χ1) is 11.2. The van der Waals surface area contributed by atoms with Gasteiger partial charge in [-0.3, -0.25) is 9.78 Å². The summed E-state index contributed by atoms with van der Waals surface area (Å²) in [6.07, 6.45) is 3.60. The van der Waals surface area contributed by atoms with E-state index in [1.54, 1.807) is 19.6 Å². The molecule has 2 aromatic heterocycles. The summed E-state index contributed by atoms with van der Waals surface area (Å²) < 4.78 is 10.7. The molecule has 23 heavy (non-hydrogen) atoms. The number of pyridine rings is 1. The van der Waals surface area contributed by atoms with Gasteiger partial charge in [-0.1, -0.05) is 6.07 Å². The van der Waals surface area contributed by atoms with Crippen LogP contribution in [0, 0.1) is 0 Å². The second-order valence-electron chi connectivity index (χ2n) is 5.34. The van der Waals surface area contributed by atoms with Crippen molar-refractivity contribution in [1.29, 1.82) is 0 Å². The van der Waals surface area contributed by atoms with Crippen LogP contribution in [0.4, 0.5) is 0 Å². The average Bonchev–Trinajstić information content (AvgIpc) is 2.97. The van der Waals surface area contributed by atoms with E-state index in [-0.39, 0.29) is 18.4 Å². The number of nitrogens with one attached hydrogen (secondary N) is 1. The Balaban J connectivity index is 1.71. The Kier molecular flexibility index (Phi) is 4.28. The van der Waals surface area contributed by atoms with Crippen molar-refractivity contribution >= 4 is 16.9 Å². The predicted octanol–water partition coefficient (Wildman–Crippen LogP) is 3.26. The third-order valence-electron chi connectivity index (χ3n) is 3.72. The number of amides is 1. The number of benzene rings is 1. The number of aromatic nitrogens is 1. The molecule has 1 N–H and O–H groups in total. The maximum atomic E-state index is 12.3. The van der Waals surface area contributed by atoms with Crippen molar-refractivity contribution in [2.24, 2.45) is 0 Å². The fourth-order valence-corrected chi connectivity index (χ4v) is 2.50. The average molecular weight is 310 g/mol. The van der Waals surface area contributed by atoms with Crippen molar-refractivity contribution in [1.82, 2.24) is 10.3 Å². The van der Waals surface area contributed by atoms with Crippen molar-refractivity contribution in [2.45, 2.75) is 19.4 Å². The smallest absolute Gasteiger partial charge is 0.225 e. The summed E-state index contributed by atoms with van der Waals surface area (Å²) in [6, 6.07) is 11.1. The second kappa shape index (κ2) is 6.52. The van der Waals surface area contributed by atoms with Crippen LogP contribution in [0.1, 0.15) is 24.2 Å². The van der Waals surface area contributed by atoms with E-state index in [4.69, 9.17) is 9.15 Å². The van der Waals surface area contributed by atoms with E-state index in [0.29, 0.717) is 5.58 Å². The number of fused-ring (bicyclic) bond motifs is 1. The van der Waals surface area contributed by atoms with Crippen LogP contribution >= 0.6 is 0 Å². The lowest BCUT2D eigenvalue weighted by atomic mass is 10.1. The second-order valence-corrected chi connectivity index (χ2v) is 5.34. The van der Waals surface area contributed by atoms with Gasteiger partial charge < -0.3 is 14.5 Å². The van der Waals surface area contributed by atoms with Crippen molar-refractivity contribution in [3.8, 4) is 5.75 Å². The fourth-order valence-electron chi connectivity index (χ4n) is 2.50. The van der Waals surface area contributed by atoms with Crippen molar-refractivity contribution in [3.05, 3.63) is 60.1 Å². The highest BCUT2D eigenvalue weighted by Gasteiger charge is 2.14. The highest BCUT2D eigenvalue weighted by atomic mass is 16.5. The first kappa shape index (κ1) is 15.1. The third-order valence-corrected chi connectivity index (χ3v) is 3.72. The minimum atomic E-state index is -0.137. The molecular weight excluding hydrogens is 292 g/mol. The Morgan fingerprint density at radius 2 is 2.22 bits per heavy atom. The van der Waals surface area contributed by atoms with Gasteiger partial charge in [0.1, 0.15) is 11.3 Å². The van der Waals surface area contributed by atoms with Crippen molar-refractivity contribution in [3.63, 3.8) is 0 Å². The molecule has 0 saturated carbocycles. The molecule has 3 aromatic rings. The van der Waals surface area contributed by atoms with E-state index in [0.717, 1.165) is 22.4 Å². The molecule has 3 rings (SSSR count). The molecule has 1 atom stereocenters. The van der Waals surface area contributed by atoms with Crippen LogP contribution in [0.3, 0.4) is 0 Å². The molecule has 0 spiro atoms. The molecule has 0 aliphatic rings. The first-order valence-electron chi connectivity index (χ1n) is 7.42. The van der Waals surface area contributed by atoms with Crippen LogP contribution < -0.4 is 10.1 Å². The molecule has 0 aliphatic carbocycles. The van der Waals surface area contributed by atoms with Crippen LogP contribution in [-0.2, 0) is 11.2 Å². The SMILES string of the molecule is COc1ccc2c(CC(=O)NC(C)c3ccccn3)coc2c1. The van der Waals surface area contributed by atoms with Gasteiger partial charge in [-0.2, -0.15) is 0 Å². The molecule has 0 bridgehead atoms. The summed E-state index contributed by atoms with van der Waals surface area (Å²) in [5.41, 5.74) is 2.40. The molecule has 1 aromatic carbocycles. The molecule has 0 aliphatic heterocycles. The molecule has 0 saturated heterocycles. The number of carbonyl (C=O) groups is 1.